The maximum absolute atomic E-state index is 12.0. The average molecular weight is 348 g/mol. The average Bonchev–Trinajstić information content (AvgIpc) is 3.43. The van der Waals surface area contributed by atoms with Crippen molar-refractivity contribution in [2.24, 2.45) is 7.05 Å². The molecule has 0 atom stereocenters. The van der Waals surface area contributed by atoms with E-state index in [0.717, 1.165) is 40.8 Å². The quantitative estimate of drug-likeness (QED) is 0.733. The van der Waals surface area contributed by atoms with Crippen molar-refractivity contribution in [3.63, 3.8) is 0 Å². The Morgan fingerprint density at radius 2 is 1.81 bits per heavy atom. The number of anilines is 1. The lowest BCUT2D eigenvalue weighted by atomic mass is 9.97. The van der Waals surface area contributed by atoms with Crippen LogP contribution < -0.4 is 5.73 Å². The zero-order chi connectivity index (χ0) is 18.3. The van der Waals surface area contributed by atoms with Gasteiger partial charge in [-0.2, -0.15) is 5.10 Å². The molecule has 4 rings (SSSR count). The SMILES string of the molecule is COC(=O)C1(c2ccc(-c3ccc(-c4cnn(C)c4N)cc3)nc2)CC1. The van der Waals surface area contributed by atoms with E-state index in [9.17, 15) is 4.79 Å². The third-order valence-electron chi connectivity index (χ3n) is 5.12. The third kappa shape index (κ3) is 2.54. The van der Waals surface area contributed by atoms with Gasteiger partial charge < -0.3 is 10.5 Å². The Morgan fingerprint density at radius 3 is 2.31 bits per heavy atom. The third-order valence-corrected chi connectivity index (χ3v) is 5.12. The number of hydrogen-bond donors (Lipinski definition) is 1. The van der Waals surface area contributed by atoms with Gasteiger partial charge in [0.1, 0.15) is 5.82 Å². The van der Waals surface area contributed by atoms with Crippen molar-refractivity contribution in [1.82, 2.24) is 14.8 Å². The monoisotopic (exact) mass is 348 g/mol. The number of nitrogen functional groups attached to an aromatic ring is 1. The van der Waals surface area contributed by atoms with Crippen molar-refractivity contribution in [2.75, 3.05) is 12.8 Å². The molecule has 0 spiro atoms. The zero-order valence-electron chi connectivity index (χ0n) is 14.8. The minimum atomic E-state index is -0.484. The molecular formula is C20H20N4O2. The van der Waals surface area contributed by atoms with Crippen molar-refractivity contribution in [2.45, 2.75) is 18.3 Å². The Labute approximate surface area is 151 Å². The first kappa shape index (κ1) is 16.3. The highest BCUT2D eigenvalue weighted by Gasteiger charge is 2.52. The number of methoxy groups -OCH3 is 1. The number of carbonyl (C=O) groups excluding carboxylic acids is 1. The smallest absolute Gasteiger partial charge is 0.316 e. The summed E-state index contributed by atoms with van der Waals surface area (Å²) in [7, 11) is 3.25. The second-order valence-electron chi connectivity index (χ2n) is 6.65. The molecule has 0 unspecified atom stereocenters. The molecule has 1 aliphatic carbocycles. The number of hydrogen-bond acceptors (Lipinski definition) is 5. The number of ether oxygens (including phenoxy) is 1. The summed E-state index contributed by atoms with van der Waals surface area (Å²) in [5.41, 5.74) is 10.3. The van der Waals surface area contributed by atoms with E-state index in [0.29, 0.717) is 5.82 Å². The van der Waals surface area contributed by atoms with Crippen LogP contribution in [0.1, 0.15) is 18.4 Å². The van der Waals surface area contributed by atoms with E-state index in [4.69, 9.17) is 10.5 Å². The second kappa shape index (κ2) is 5.98. The summed E-state index contributed by atoms with van der Waals surface area (Å²) in [6.45, 7) is 0. The minimum absolute atomic E-state index is 0.175. The van der Waals surface area contributed by atoms with Crippen LogP contribution in [0.4, 0.5) is 5.82 Å². The predicted octanol–water partition coefficient (Wildman–Crippen LogP) is 2.94. The van der Waals surface area contributed by atoms with Crippen LogP contribution in [0.25, 0.3) is 22.4 Å². The molecule has 0 aliphatic heterocycles. The van der Waals surface area contributed by atoms with Gasteiger partial charge in [0.15, 0.2) is 0 Å². The maximum atomic E-state index is 12.0. The van der Waals surface area contributed by atoms with Gasteiger partial charge in [-0.3, -0.25) is 14.5 Å². The lowest BCUT2D eigenvalue weighted by Crippen LogP contribution is -2.21. The lowest BCUT2D eigenvalue weighted by Gasteiger charge is -2.13. The normalized spacial score (nSPS) is 14.8. The molecular weight excluding hydrogens is 328 g/mol. The first-order valence-corrected chi connectivity index (χ1v) is 8.48. The van der Waals surface area contributed by atoms with Gasteiger partial charge in [0.05, 0.1) is 24.4 Å². The highest BCUT2D eigenvalue weighted by Crippen LogP contribution is 2.49. The molecule has 26 heavy (non-hydrogen) atoms. The van der Waals surface area contributed by atoms with E-state index in [-0.39, 0.29) is 5.97 Å². The molecule has 0 bridgehead atoms. The Hall–Kier alpha value is -3.15. The minimum Gasteiger partial charge on any atom is -0.468 e. The summed E-state index contributed by atoms with van der Waals surface area (Å²) in [5, 5.41) is 4.17. The number of aromatic nitrogens is 3. The lowest BCUT2D eigenvalue weighted by molar-refractivity contribution is -0.143. The van der Waals surface area contributed by atoms with Crippen LogP contribution in [0.2, 0.25) is 0 Å². The first-order chi connectivity index (χ1) is 12.5. The number of benzene rings is 1. The van der Waals surface area contributed by atoms with E-state index >= 15 is 0 Å². The number of aryl methyl sites for hydroxylation is 1. The van der Waals surface area contributed by atoms with Crippen LogP contribution in [-0.4, -0.2) is 27.8 Å². The molecule has 132 valence electrons. The Bertz CT molecular complexity index is 954. The molecule has 1 aliphatic rings. The van der Waals surface area contributed by atoms with Gasteiger partial charge in [0.25, 0.3) is 0 Å². The molecule has 0 amide bonds. The van der Waals surface area contributed by atoms with E-state index in [1.807, 2.05) is 43.4 Å². The second-order valence-corrected chi connectivity index (χ2v) is 6.65. The molecule has 2 N–H and O–H groups in total. The fourth-order valence-electron chi connectivity index (χ4n) is 3.27. The highest BCUT2D eigenvalue weighted by atomic mass is 16.5. The van der Waals surface area contributed by atoms with Gasteiger partial charge in [-0.15, -0.1) is 0 Å². The summed E-state index contributed by atoms with van der Waals surface area (Å²) in [6.07, 6.45) is 5.19. The van der Waals surface area contributed by atoms with Crippen molar-refractivity contribution >= 4 is 11.8 Å². The largest absolute Gasteiger partial charge is 0.468 e. The zero-order valence-corrected chi connectivity index (χ0v) is 14.8. The van der Waals surface area contributed by atoms with Crippen molar-refractivity contribution in [3.8, 4) is 22.4 Å². The van der Waals surface area contributed by atoms with Crippen LogP contribution in [0.3, 0.4) is 0 Å². The molecule has 0 radical (unpaired) electrons. The fourth-order valence-corrected chi connectivity index (χ4v) is 3.27. The summed E-state index contributed by atoms with van der Waals surface area (Å²) < 4.78 is 6.58. The van der Waals surface area contributed by atoms with Crippen LogP contribution in [0, 0.1) is 0 Å². The molecule has 1 saturated carbocycles. The first-order valence-electron chi connectivity index (χ1n) is 8.48. The topological polar surface area (TPSA) is 83.0 Å². The Kier molecular flexibility index (Phi) is 3.76. The Balaban J connectivity index is 1.59. The van der Waals surface area contributed by atoms with Crippen LogP contribution >= 0.6 is 0 Å². The van der Waals surface area contributed by atoms with Crippen LogP contribution in [0.5, 0.6) is 0 Å². The highest BCUT2D eigenvalue weighted by molar-refractivity contribution is 5.86. The number of nitrogens with zero attached hydrogens (tertiary/aromatic N) is 3. The molecule has 6 heteroatoms. The van der Waals surface area contributed by atoms with Crippen molar-refractivity contribution in [1.29, 1.82) is 0 Å². The number of carbonyl (C=O) groups is 1. The van der Waals surface area contributed by atoms with Gasteiger partial charge in [0.2, 0.25) is 0 Å². The number of esters is 1. The van der Waals surface area contributed by atoms with Gasteiger partial charge >= 0.3 is 5.97 Å². The molecule has 1 fully saturated rings. The standard InChI is InChI=1S/C20H20N4O2/c1-24-18(21)16(12-23-24)13-3-5-14(6-4-13)17-8-7-15(11-22-17)20(9-10-20)19(25)26-2/h3-8,11-12H,9-10,21H2,1-2H3. The summed E-state index contributed by atoms with van der Waals surface area (Å²) in [6, 6.07) is 12.0. The predicted molar refractivity (Wildman–Crippen MR) is 99.2 cm³/mol. The van der Waals surface area contributed by atoms with Gasteiger partial charge in [-0.25, -0.2) is 0 Å². The van der Waals surface area contributed by atoms with E-state index < -0.39 is 5.41 Å². The van der Waals surface area contributed by atoms with Gasteiger partial charge in [-0.05, 0) is 30.0 Å². The maximum Gasteiger partial charge on any atom is 0.316 e. The molecule has 3 aromatic rings. The molecule has 0 saturated heterocycles. The van der Waals surface area contributed by atoms with Crippen molar-refractivity contribution < 1.29 is 9.53 Å². The van der Waals surface area contributed by atoms with Crippen LogP contribution in [0.15, 0.2) is 48.8 Å². The van der Waals surface area contributed by atoms with Crippen LogP contribution in [-0.2, 0) is 22.0 Å². The number of rotatable bonds is 4. The summed E-state index contributed by atoms with van der Waals surface area (Å²) in [4.78, 5) is 16.5. The van der Waals surface area contributed by atoms with Crippen molar-refractivity contribution in [3.05, 3.63) is 54.4 Å². The number of pyridine rings is 1. The van der Waals surface area contributed by atoms with Gasteiger partial charge in [-0.1, -0.05) is 30.3 Å². The van der Waals surface area contributed by atoms with Gasteiger partial charge in [0, 0.05) is 24.4 Å². The van der Waals surface area contributed by atoms with E-state index in [2.05, 4.69) is 10.1 Å². The number of nitrogens with two attached hydrogens (primary N) is 1. The molecule has 6 nitrogen and oxygen atoms in total. The molecule has 2 aromatic heterocycles. The summed E-state index contributed by atoms with van der Waals surface area (Å²) >= 11 is 0. The Morgan fingerprint density at radius 1 is 1.12 bits per heavy atom. The fraction of sp³-hybridized carbons (Fsp3) is 0.250. The summed E-state index contributed by atoms with van der Waals surface area (Å²) in [5.74, 6) is 0.461. The van der Waals surface area contributed by atoms with E-state index in [1.54, 1.807) is 17.1 Å². The van der Waals surface area contributed by atoms with E-state index in [1.165, 1.54) is 7.11 Å². The molecule has 2 heterocycles. The molecule has 1 aromatic carbocycles.